The first-order valence-electron chi connectivity index (χ1n) is 8.96. The van der Waals surface area contributed by atoms with Crippen molar-refractivity contribution in [2.75, 3.05) is 46.1 Å². The molecule has 8 heteroatoms. The smallest absolute Gasteiger partial charge is 0.243 e. The zero-order valence-electron chi connectivity index (χ0n) is 15.7. The van der Waals surface area contributed by atoms with Gasteiger partial charge in [0.25, 0.3) is 0 Å². The summed E-state index contributed by atoms with van der Waals surface area (Å²) in [6, 6.07) is 0. The monoisotopic (exact) mass is 484 g/mol. The average molecular weight is 484 g/mol. The number of hydrogen-bond donors (Lipinski definition) is 2. The van der Waals surface area contributed by atoms with Gasteiger partial charge in [0.2, 0.25) is 5.91 Å². The number of halogens is 1. The highest BCUT2D eigenvalue weighted by molar-refractivity contribution is 14.0. The van der Waals surface area contributed by atoms with E-state index in [2.05, 4.69) is 22.5 Å². The van der Waals surface area contributed by atoms with Crippen molar-refractivity contribution in [3.63, 3.8) is 0 Å². The molecule has 2 rings (SSSR count). The number of likely N-dealkylation sites (N-methyl/N-ethyl adjacent to an activating group) is 1. The molecule has 2 fully saturated rings. The van der Waals surface area contributed by atoms with Gasteiger partial charge in [-0.15, -0.1) is 24.0 Å². The Balaban J connectivity index is 0.00000312. The van der Waals surface area contributed by atoms with Gasteiger partial charge in [0.05, 0.1) is 6.10 Å². The number of amides is 1. The van der Waals surface area contributed by atoms with E-state index in [0.29, 0.717) is 5.96 Å². The van der Waals surface area contributed by atoms with Crippen LogP contribution in [0.5, 0.6) is 0 Å². The summed E-state index contributed by atoms with van der Waals surface area (Å²) in [5.41, 5.74) is 0. The molecular formula is C17H33IN4O2S. The molecule has 0 spiro atoms. The van der Waals surface area contributed by atoms with Crippen LogP contribution in [0.1, 0.15) is 39.0 Å². The lowest BCUT2D eigenvalue weighted by Gasteiger charge is -2.26. The van der Waals surface area contributed by atoms with Crippen LogP contribution in [-0.2, 0) is 9.53 Å². The van der Waals surface area contributed by atoms with E-state index in [9.17, 15) is 4.79 Å². The first-order valence-corrected chi connectivity index (χ1v) is 9.95. The quantitative estimate of drug-likeness (QED) is 0.344. The van der Waals surface area contributed by atoms with Gasteiger partial charge < -0.3 is 20.3 Å². The minimum absolute atomic E-state index is 0. The fraction of sp³-hybridized carbons (Fsp3) is 0.882. The van der Waals surface area contributed by atoms with Crippen LogP contribution in [0.15, 0.2) is 4.99 Å². The summed E-state index contributed by atoms with van der Waals surface area (Å²) in [6.45, 7) is 4.92. The van der Waals surface area contributed by atoms with Crippen molar-refractivity contribution in [1.29, 1.82) is 0 Å². The molecular weight excluding hydrogens is 451 g/mol. The van der Waals surface area contributed by atoms with Crippen LogP contribution in [0.2, 0.25) is 0 Å². The molecule has 0 aliphatic carbocycles. The number of hydrogen-bond acceptors (Lipinski definition) is 4. The highest BCUT2D eigenvalue weighted by atomic mass is 127. The second-order valence-corrected chi connectivity index (χ2v) is 8.76. The van der Waals surface area contributed by atoms with Crippen LogP contribution in [-0.4, -0.2) is 73.7 Å². The van der Waals surface area contributed by atoms with E-state index in [1.54, 1.807) is 19.0 Å². The Morgan fingerprint density at radius 2 is 2.12 bits per heavy atom. The topological polar surface area (TPSA) is 66.0 Å². The van der Waals surface area contributed by atoms with Gasteiger partial charge in [-0.25, -0.2) is 4.99 Å². The molecule has 2 aliphatic heterocycles. The highest BCUT2D eigenvalue weighted by Crippen LogP contribution is 2.36. The number of carbonyl (C=O) groups is 1. The second kappa shape index (κ2) is 11.5. The fourth-order valence-corrected chi connectivity index (χ4v) is 4.13. The SMILES string of the molecule is CN(C)C(=O)CN=C(NCC1CCCCO1)NCC1(C)CCCS1.I. The Morgan fingerprint density at radius 1 is 1.32 bits per heavy atom. The number of nitrogens with zero attached hydrogens (tertiary/aromatic N) is 2. The molecule has 0 aromatic heterocycles. The Morgan fingerprint density at radius 3 is 2.72 bits per heavy atom. The minimum Gasteiger partial charge on any atom is -0.376 e. The Kier molecular flexibility index (Phi) is 10.5. The normalized spacial score (nSPS) is 26.7. The van der Waals surface area contributed by atoms with Crippen molar-refractivity contribution in [3.05, 3.63) is 0 Å². The maximum atomic E-state index is 11.8. The number of ether oxygens (including phenoxy) is 1. The van der Waals surface area contributed by atoms with Gasteiger partial charge in [-0.3, -0.25) is 4.79 Å². The summed E-state index contributed by atoms with van der Waals surface area (Å²) in [4.78, 5) is 17.8. The van der Waals surface area contributed by atoms with E-state index in [0.717, 1.165) is 32.5 Å². The van der Waals surface area contributed by atoms with Gasteiger partial charge in [0.1, 0.15) is 6.54 Å². The van der Waals surface area contributed by atoms with E-state index in [-0.39, 0.29) is 47.3 Å². The van der Waals surface area contributed by atoms with Crippen molar-refractivity contribution in [3.8, 4) is 0 Å². The number of thioether (sulfide) groups is 1. The zero-order chi connectivity index (χ0) is 17.4. The third-order valence-corrected chi connectivity index (χ3v) is 6.11. The van der Waals surface area contributed by atoms with Crippen LogP contribution in [0.4, 0.5) is 0 Å². The lowest BCUT2D eigenvalue weighted by Crippen LogP contribution is -2.47. The van der Waals surface area contributed by atoms with E-state index in [1.165, 1.54) is 25.0 Å². The lowest BCUT2D eigenvalue weighted by molar-refractivity contribution is -0.127. The van der Waals surface area contributed by atoms with Crippen LogP contribution in [0, 0.1) is 0 Å². The van der Waals surface area contributed by atoms with Crippen molar-refractivity contribution < 1.29 is 9.53 Å². The molecule has 0 aromatic carbocycles. The lowest BCUT2D eigenvalue weighted by atomic mass is 10.1. The van der Waals surface area contributed by atoms with Crippen molar-refractivity contribution in [2.45, 2.75) is 49.9 Å². The largest absolute Gasteiger partial charge is 0.376 e. The first-order chi connectivity index (χ1) is 11.5. The van der Waals surface area contributed by atoms with E-state index < -0.39 is 0 Å². The molecule has 0 saturated carbocycles. The van der Waals surface area contributed by atoms with Crippen molar-refractivity contribution in [2.24, 2.45) is 4.99 Å². The number of nitrogens with one attached hydrogen (secondary N) is 2. The van der Waals surface area contributed by atoms with Gasteiger partial charge in [-0.05, 0) is 44.8 Å². The van der Waals surface area contributed by atoms with Gasteiger partial charge in [0, 0.05) is 38.5 Å². The molecule has 2 heterocycles. The molecule has 2 saturated heterocycles. The Bertz CT molecular complexity index is 436. The Labute approximate surface area is 173 Å². The zero-order valence-corrected chi connectivity index (χ0v) is 18.8. The fourth-order valence-electron chi connectivity index (χ4n) is 2.89. The number of rotatable bonds is 6. The van der Waals surface area contributed by atoms with Crippen molar-refractivity contribution in [1.82, 2.24) is 15.5 Å². The molecule has 6 nitrogen and oxygen atoms in total. The van der Waals surface area contributed by atoms with Gasteiger partial charge in [0.15, 0.2) is 5.96 Å². The summed E-state index contributed by atoms with van der Waals surface area (Å²) >= 11 is 2.02. The van der Waals surface area contributed by atoms with Crippen LogP contribution in [0.3, 0.4) is 0 Å². The van der Waals surface area contributed by atoms with E-state index in [4.69, 9.17) is 4.74 Å². The summed E-state index contributed by atoms with van der Waals surface area (Å²) in [6.07, 6.45) is 6.21. The number of aliphatic imine (C=N–C) groups is 1. The summed E-state index contributed by atoms with van der Waals surface area (Å²) < 4.78 is 6.02. The summed E-state index contributed by atoms with van der Waals surface area (Å²) in [5, 5.41) is 6.79. The minimum atomic E-state index is 0. The maximum absolute atomic E-state index is 11.8. The third kappa shape index (κ3) is 8.34. The molecule has 0 bridgehead atoms. The Hall–Kier alpha value is -0.220. The van der Waals surface area contributed by atoms with E-state index >= 15 is 0 Å². The highest BCUT2D eigenvalue weighted by Gasteiger charge is 2.29. The second-order valence-electron chi connectivity index (χ2n) is 7.08. The van der Waals surface area contributed by atoms with Crippen LogP contribution in [0.25, 0.3) is 0 Å². The molecule has 2 atom stereocenters. The standard InChI is InChI=1S/C17H32N4O2S.HI/c1-17(8-6-10-24-17)13-20-16(19-12-15(22)21(2)3)18-11-14-7-4-5-9-23-14;/h14H,4-13H2,1-3H3,(H2,18,19,20);1H. The maximum Gasteiger partial charge on any atom is 0.243 e. The molecule has 25 heavy (non-hydrogen) atoms. The number of guanidine groups is 1. The average Bonchev–Trinajstić information content (AvgIpc) is 3.01. The summed E-state index contributed by atoms with van der Waals surface area (Å²) in [5.74, 6) is 1.95. The van der Waals surface area contributed by atoms with E-state index in [1.807, 2.05) is 11.8 Å². The predicted molar refractivity (Wildman–Crippen MR) is 116 cm³/mol. The van der Waals surface area contributed by atoms with Gasteiger partial charge in [-0.2, -0.15) is 11.8 Å². The molecule has 1 amide bonds. The van der Waals surface area contributed by atoms with Gasteiger partial charge in [-0.1, -0.05) is 0 Å². The first kappa shape index (κ1) is 22.8. The molecule has 0 radical (unpaired) electrons. The van der Waals surface area contributed by atoms with Gasteiger partial charge >= 0.3 is 0 Å². The van der Waals surface area contributed by atoms with Crippen molar-refractivity contribution >= 4 is 47.6 Å². The molecule has 0 aromatic rings. The molecule has 146 valence electrons. The number of carbonyl (C=O) groups excluding carboxylic acids is 1. The summed E-state index contributed by atoms with van der Waals surface area (Å²) in [7, 11) is 3.51. The predicted octanol–water partition coefficient (Wildman–Crippen LogP) is 2.08. The molecule has 2 aliphatic rings. The van der Waals surface area contributed by atoms with Crippen LogP contribution < -0.4 is 10.6 Å². The molecule has 2 N–H and O–H groups in total. The third-order valence-electron chi connectivity index (χ3n) is 4.57. The molecule has 2 unspecified atom stereocenters. The van der Waals surface area contributed by atoms with Crippen LogP contribution >= 0.6 is 35.7 Å².